The molecule has 0 spiro atoms. The second kappa shape index (κ2) is 9.89. The van der Waals surface area contributed by atoms with E-state index in [-0.39, 0.29) is 6.04 Å². The fourth-order valence-corrected chi connectivity index (χ4v) is 3.94. The fraction of sp³-hybridized carbons (Fsp3) is 0.348. The number of nitrogens with one attached hydrogen (secondary N) is 2. The minimum atomic E-state index is 0.237. The van der Waals surface area contributed by atoms with Gasteiger partial charge in [-0.3, -0.25) is 0 Å². The first kappa shape index (κ1) is 21.3. The molecule has 4 rings (SSSR count). The molecular weight excluding hydrogens is 406 g/mol. The molecule has 7 nitrogen and oxygen atoms in total. The number of aliphatic imine (C=N–C) groups is 1. The number of hydrogen-bond donors (Lipinski definition) is 2. The summed E-state index contributed by atoms with van der Waals surface area (Å²) in [5.74, 6) is 1.26. The van der Waals surface area contributed by atoms with E-state index >= 15 is 0 Å². The highest BCUT2D eigenvalue weighted by Gasteiger charge is 2.14. The van der Waals surface area contributed by atoms with Crippen LogP contribution in [0.5, 0.6) is 0 Å². The van der Waals surface area contributed by atoms with Crippen LogP contribution in [0.3, 0.4) is 0 Å². The van der Waals surface area contributed by atoms with Crippen molar-refractivity contribution in [1.82, 2.24) is 14.9 Å². The van der Waals surface area contributed by atoms with Crippen LogP contribution in [0.25, 0.3) is 0 Å². The molecule has 0 radical (unpaired) electrons. The van der Waals surface area contributed by atoms with Crippen LogP contribution in [0.2, 0.25) is 0 Å². The maximum atomic E-state index is 4.67. The standard InChI is InChI=1S/C23H29N7S/c1-17(2)26-22-21(24-15-20-5-4-14-31-20)16-25-23(28-22)27-18-6-8-19(9-7-18)30-12-10-29(3)11-13-30/h4-9,14-17H,10-13H2,1-3H3,(H2,25,26,27,28). The van der Waals surface area contributed by atoms with E-state index in [9.17, 15) is 0 Å². The lowest BCUT2D eigenvalue weighted by atomic mass is 10.2. The van der Waals surface area contributed by atoms with Crippen LogP contribution in [0.1, 0.15) is 18.7 Å². The van der Waals surface area contributed by atoms with E-state index in [1.54, 1.807) is 17.5 Å². The molecule has 0 aliphatic carbocycles. The van der Waals surface area contributed by atoms with Crippen molar-refractivity contribution >= 4 is 46.4 Å². The molecule has 0 bridgehead atoms. The molecule has 1 aliphatic rings. The molecule has 1 aliphatic heterocycles. The molecule has 0 unspecified atom stereocenters. The Hall–Kier alpha value is -2.97. The third-order valence-corrected chi connectivity index (χ3v) is 5.87. The summed E-state index contributed by atoms with van der Waals surface area (Å²) in [5, 5.41) is 8.72. The zero-order valence-corrected chi connectivity index (χ0v) is 19.1. The van der Waals surface area contributed by atoms with Gasteiger partial charge in [-0.25, -0.2) is 9.98 Å². The number of likely N-dealkylation sites (N-methyl/N-ethyl adjacent to an activating group) is 1. The first-order valence-corrected chi connectivity index (χ1v) is 11.5. The molecule has 0 amide bonds. The van der Waals surface area contributed by atoms with Crippen LogP contribution in [-0.2, 0) is 0 Å². The Morgan fingerprint density at radius 2 is 1.87 bits per heavy atom. The van der Waals surface area contributed by atoms with Gasteiger partial charge in [-0.15, -0.1) is 11.3 Å². The maximum Gasteiger partial charge on any atom is 0.229 e. The predicted octanol–water partition coefficient (Wildman–Crippen LogP) is 4.60. The Morgan fingerprint density at radius 3 is 2.55 bits per heavy atom. The lowest BCUT2D eigenvalue weighted by Gasteiger charge is -2.34. The molecule has 1 fully saturated rings. The summed E-state index contributed by atoms with van der Waals surface area (Å²) in [7, 11) is 2.17. The average molecular weight is 436 g/mol. The van der Waals surface area contributed by atoms with Crippen molar-refractivity contribution in [2.75, 3.05) is 48.8 Å². The van der Waals surface area contributed by atoms with Crippen LogP contribution in [0.15, 0.2) is 53.0 Å². The SMILES string of the molecule is CC(C)Nc1nc(Nc2ccc(N3CCN(C)CC3)cc2)ncc1N=Cc1cccs1. The van der Waals surface area contributed by atoms with Gasteiger partial charge in [-0.2, -0.15) is 4.98 Å². The van der Waals surface area contributed by atoms with Gasteiger partial charge in [0.15, 0.2) is 5.82 Å². The Morgan fingerprint density at radius 1 is 1.10 bits per heavy atom. The maximum absolute atomic E-state index is 4.67. The average Bonchev–Trinajstić information content (AvgIpc) is 3.28. The molecule has 2 N–H and O–H groups in total. The van der Waals surface area contributed by atoms with E-state index in [0.717, 1.165) is 48.2 Å². The second-order valence-electron chi connectivity index (χ2n) is 7.96. The number of piperazine rings is 1. The molecule has 3 heterocycles. The van der Waals surface area contributed by atoms with Crippen molar-refractivity contribution < 1.29 is 0 Å². The molecule has 0 atom stereocenters. The van der Waals surface area contributed by atoms with Crippen LogP contribution < -0.4 is 15.5 Å². The summed E-state index contributed by atoms with van der Waals surface area (Å²) in [6.45, 7) is 8.48. The topological polar surface area (TPSA) is 68.7 Å². The highest BCUT2D eigenvalue weighted by Crippen LogP contribution is 2.26. The van der Waals surface area contributed by atoms with Gasteiger partial charge in [-0.05, 0) is 56.6 Å². The third-order valence-electron chi connectivity index (χ3n) is 5.06. The van der Waals surface area contributed by atoms with Crippen LogP contribution in [0.4, 0.5) is 28.8 Å². The number of hydrogen-bond acceptors (Lipinski definition) is 8. The van der Waals surface area contributed by atoms with Crippen molar-refractivity contribution in [1.29, 1.82) is 0 Å². The summed E-state index contributed by atoms with van der Waals surface area (Å²) in [4.78, 5) is 19.6. The zero-order valence-electron chi connectivity index (χ0n) is 18.2. The van der Waals surface area contributed by atoms with Crippen molar-refractivity contribution in [2.24, 2.45) is 4.99 Å². The van der Waals surface area contributed by atoms with Crippen LogP contribution in [0, 0.1) is 0 Å². The molecule has 0 saturated carbocycles. The minimum Gasteiger partial charge on any atom is -0.369 e. The molecule has 162 valence electrons. The van der Waals surface area contributed by atoms with Gasteiger partial charge >= 0.3 is 0 Å². The molecule has 3 aromatic rings. The van der Waals surface area contributed by atoms with E-state index in [0.29, 0.717) is 5.95 Å². The summed E-state index contributed by atoms with van der Waals surface area (Å²) in [6, 6.07) is 12.7. The normalized spacial score (nSPS) is 15.0. The Balaban J connectivity index is 1.47. The summed E-state index contributed by atoms with van der Waals surface area (Å²) >= 11 is 1.65. The van der Waals surface area contributed by atoms with Crippen molar-refractivity contribution in [3.63, 3.8) is 0 Å². The number of benzene rings is 1. The molecule has 8 heteroatoms. The number of thiophene rings is 1. The van der Waals surface area contributed by atoms with Gasteiger partial charge in [0.05, 0.1) is 6.20 Å². The van der Waals surface area contributed by atoms with Crippen molar-refractivity contribution in [3.8, 4) is 0 Å². The Bertz CT molecular complexity index is 991. The van der Waals surface area contributed by atoms with E-state index in [1.807, 2.05) is 23.7 Å². The molecule has 1 saturated heterocycles. The van der Waals surface area contributed by atoms with Crippen LogP contribution >= 0.6 is 11.3 Å². The molecule has 1 aromatic carbocycles. The van der Waals surface area contributed by atoms with E-state index in [2.05, 4.69) is 80.6 Å². The minimum absolute atomic E-state index is 0.237. The second-order valence-corrected chi connectivity index (χ2v) is 8.94. The highest BCUT2D eigenvalue weighted by atomic mass is 32.1. The number of nitrogens with zero attached hydrogens (tertiary/aromatic N) is 5. The monoisotopic (exact) mass is 435 g/mol. The summed E-state index contributed by atoms with van der Waals surface area (Å²) < 4.78 is 0. The van der Waals surface area contributed by atoms with E-state index in [4.69, 9.17) is 0 Å². The highest BCUT2D eigenvalue weighted by molar-refractivity contribution is 7.11. The van der Waals surface area contributed by atoms with Gasteiger partial charge in [-0.1, -0.05) is 6.07 Å². The van der Waals surface area contributed by atoms with Crippen LogP contribution in [-0.4, -0.2) is 60.4 Å². The summed E-state index contributed by atoms with van der Waals surface area (Å²) in [6.07, 6.45) is 3.60. The Kier molecular flexibility index (Phi) is 6.79. The van der Waals surface area contributed by atoms with Gasteiger partial charge in [0, 0.05) is 54.7 Å². The molecule has 2 aromatic heterocycles. The van der Waals surface area contributed by atoms with Gasteiger partial charge in [0.25, 0.3) is 0 Å². The zero-order chi connectivity index (χ0) is 21.6. The molecular formula is C23H29N7S. The smallest absolute Gasteiger partial charge is 0.229 e. The van der Waals surface area contributed by atoms with Crippen molar-refractivity contribution in [3.05, 3.63) is 52.9 Å². The quantitative estimate of drug-likeness (QED) is 0.529. The number of anilines is 4. The third kappa shape index (κ3) is 5.80. The predicted molar refractivity (Wildman–Crippen MR) is 132 cm³/mol. The lowest BCUT2D eigenvalue weighted by molar-refractivity contribution is 0.313. The van der Waals surface area contributed by atoms with Gasteiger partial charge in [0.2, 0.25) is 5.95 Å². The Labute approximate surface area is 187 Å². The fourth-order valence-electron chi connectivity index (χ4n) is 3.36. The van der Waals surface area contributed by atoms with E-state index < -0.39 is 0 Å². The largest absolute Gasteiger partial charge is 0.369 e. The van der Waals surface area contributed by atoms with Gasteiger partial charge in [0.1, 0.15) is 5.69 Å². The summed E-state index contributed by atoms with van der Waals surface area (Å²) in [5.41, 5.74) is 2.93. The lowest BCUT2D eigenvalue weighted by Crippen LogP contribution is -2.44. The van der Waals surface area contributed by atoms with Crippen molar-refractivity contribution in [2.45, 2.75) is 19.9 Å². The number of aromatic nitrogens is 2. The van der Waals surface area contributed by atoms with Gasteiger partial charge < -0.3 is 20.4 Å². The first-order valence-electron chi connectivity index (χ1n) is 10.6. The number of rotatable bonds is 7. The first-order chi connectivity index (χ1) is 15.1. The van der Waals surface area contributed by atoms with E-state index in [1.165, 1.54) is 5.69 Å². The molecule has 31 heavy (non-hydrogen) atoms.